The van der Waals surface area contributed by atoms with Crippen molar-refractivity contribution in [3.8, 4) is 0 Å². The first-order valence-electron chi connectivity index (χ1n) is 13.5. The summed E-state index contributed by atoms with van der Waals surface area (Å²) in [6.07, 6.45) is -2.55. The van der Waals surface area contributed by atoms with Crippen molar-refractivity contribution >= 4 is 17.7 Å². The second-order valence-corrected chi connectivity index (χ2v) is 12.2. The van der Waals surface area contributed by atoms with Crippen molar-refractivity contribution in [3.63, 3.8) is 0 Å². The molecular weight excluding hydrogens is 511 g/mol. The number of benzene rings is 1. The SMILES string of the molecule is Cc1cccc(C)c1C(=O)CN(C(=O)C1=C(C(F)(F)F)[N+](C2CCC(C)(C(=O)O)CC2)=NC1)[C@H]1CCC1(C)C. The summed E-state index contributed by atoms with van der Waals surface area (Å²) in [5, 5.41) is 13.7. The van der Waals surface area contributed by atoms with Gasteiger partial charge in [-0.25, -0.2) is 0 Å². The van der Waals surface area contributed by atoms with Crippen LogP contribution in [0.15, 0.2) is 34.6 Å². The highest BCUT2D eigenvalue weighted by Gasteiger charge is 2.56. The monoisotopic (exact) mass is 548 g/mol. The number of azo groups is 2. The molecule has 7 nitrogen and oxygen atoms in total. The van der Waals surface area contributed by atoms with Crippen LogP contribution in [0, 0.1) is 24.7 Å². The summed E-state index contributed by atoms with van der Waals surface area (Å²) in [6, 6.07) is 4.41. The van der Waals surface area contributed by atoms with E-state index in [9.17, 15) is 32.7 Å². The number of hydrogen-bond donors (Lipinski definition) is 1. The van der Waals surface area contributed by atoms with Gasteiger partial charge in [0.05, 0.1) is 12.0 Å². The quantitative estimate of drug-likeness (QED) is 0.343. The van der Waals surface area contributed by atoms with Gasteiger partial charge in [0, 0.05) is 24.4 Å². The molecule has 1 heterocycles. The van der Waals surface area contributed by atoms with Gasteiger partial charge >= 0.3 is 17.8 Å². The summed E-state index contributed by atoms with van der Waals surface area (Å²) < 4.78 is 44.4. The van der Waals surface area contributed by atoms with Crippen molar-refractivity contribution in [1.29, 1.82) is 0 Å². The number of Topliss-reactive ketones (excluding diaryl/α,β-unsaturated/α-hetero) is 1. The van der Waals surface area contributed by atoms with E-state index in [1.807, 2.05) is 19.9 Å². The molecule has 0 saturated heterocycles. The largest absolute Gasteiger partial charge is 0.481 e. The Balaban J connectivity index is 1.67. The lowest BCUT2D eigenvalue weighted by Crippen LogP contribution is -2.56. The lowest BCUT2D eigenvalue weighted by Gasteiger charge is -2.50. The molecule has 10 heteroatoms. The van der Waals surface area contributed by atoms with E-state index in [0.29, 0.717) is 12.0 Å². The van der Waals surface area contributed by atoms with Gasteiger partial charge in [-0.05, 0) is 68.1 Å². The van der Waals surface area contributed by atoms with E-state index in [1.165, 1.54) is 4.90 Å². The molecule has 1 aliphatic heterocycles. The highest BCUT2D eigenvalue weighted by Crippen LogP contribution is 2.46. The molecule has 212 valence electrons. The molecule has 1 amide bonds. The van der Waals surface area contributed by atoms with Crippen LogP contribution in [-0.2, 0) is 9.59 Å². The van der Waals surface area contributed by atoms with E-state index in [1.54, 1.807) is 32.9 Å². The Morgan fingerprint density at radius 2 is 1.64 bits per heavy atom. The zero-order valence-electron chi connectivity index (χ0n) is 23.2. The minimum absolute atomic E-state index is 0.220. The molecule has 1 N–H and O–H groups in total. The number of carbonyl (C=O) groups is 3. The Morgan fingerprint density at radius 3 is 2.10 bits per heavy atom. The molecule has 4 rings (SSSR count). The minimum Gasteiger partial charge on any atom is -0.481 e. The van der Waals surface area contributed by atoms with Crippen LogP contribution < -0.4 is 0 Å². The molecule has 2 aliphatic carbocycles. The fraction of sp³-hybridized carbons (Fsp3) is 0.621. The first-order valence-corrected chi connectivity index (χ1v) is 13.5. The molecule has 2 fully saturated rings. The molecule has 1 aromatic rings. The number of carbonyl (C=O) groups excluding carboxylic acids is 2. The number of amides is 1. The van der Waals surface area contributed by atoms with Crippen LogP contribution in [0.5, 0.6) is 0 Å². The highest BCUT2D eigenvalue weighted by molar-refractivity contribution is 6.04. The van der Waals surface area contributed by atoms with Crippen LogP contribution in [0.2, 0.25) is 0 Å². The molecule has 1 atom stereocenters. The van der Waals surface area contributed by atoms with Gasteiger partial charge in [-0.3, -0.25) is 14.4 Å². The van der Waals surface area contributed by atoms with E-state index in [2.05, 4.69) is 5.11 Å². The average Bonchev–Trinajstić information content (AvgIpc) is 3.29. The summed E-state index contributed by atoms with van der Waals surface area (Å²) in [5.74, 6) is -2.07. The molecule has 1 aromatic carbocycles. The second kappa shape index (κ2) is 10.2. The number of nitrogens with zero attached hydrogens (tertiary/aromatic N) is 3. The lowest BCUT2D eigenvalue weighted by atomic mass is 9.66. The highest BCUT2D eigenvalue weighted by atomic mass is 19.4. The number of aliphatic carboxylic acids is 1. The fourth-order valence-corrected chi connectivity index (χ4v) is 6.31. The maximum atomic E-state index is 14.5. The van der Waals surface area contributed by atoms with Gasteiger partial charge in [0.15, 0.2) is 11.8 Å². The van der Waals surface area contributed by atoms with E-state index in [-0.39, 0.29) is 49.5 Å². The Hall–Kier alpha value is -3.04. The Kier molecular flexibility index (Phi) is 7.55. The molecule has 0 aromatic heterocycles. The fourth-order valence-electron chi connectivity index (χ4n) is 6.31. The normalized spacial score (nSPS) is 26.6. The predicted molar refractivity (Wildman–Crippen MR) is 137 cm³/mol. The van der Waals surface area contributed by atoms with E-state index >= 15 is 0 Å². The number of alkyl halides is 3. The summed E-state index contributed by atoms with van der Waals surface area (Å²) in [4.78, 5) is 40.4. The third-order valence-electron chi connectivity index (χ3n) is 9.02. The first-order chi connectivity index (χ1) is 18.1. The standard InChI is InChI=1S/C29H36F3N3O4/c1-17-7-6-8-18(2)23(17)21(36)16-34(22-11-12-27(22,3)4)25(37)20-15-33-35(24(20)29(30,31)32)19-9-13-28(5,14-10-19)26(38)39/h6-8,19,22H,9-16H2,1-5H3/p+1/t19?,22-,28?/m0/s1. The number of rotatable bonds is 7. The van der Waals surface area contributed by atoms with Crippen LogP contribution in [0.1, 0.15) is 80.8 Å². The average molecular weight is 549 g/mol. The van der Waals surface area contributed by atoms with Gasteiger partial charge in [0.1, 0.15) is 12.1 Å². The molecular formula is C29H37F3N3O4+. The summed E-state index contributed by atoms with van der Waals surface area (Å²) in [6.45, 7) is 8.38. The Morgan fingerprint density at radius 1 is 1.05 bits per heavy atom. The van der Waals surface area contributed by atoms with Crippen molar-refractivity contribution in [2.24, 2.45) is 15.9 Å². The lowest BCUT2D eigenvalue weighted by molar-refractivity contribution is -0.601. The number of halogens is 3. The van der Waals surface area contributed by atoms with E-state index < -0.39 is 47.3 Å². The van der Waals surface area contributed by atoms with Crippen molar-refractivity contribution in [1.82, 2.24) is 4.90 Å². The van der Waals surface area contributed by atoms with Gasteiger partial charge in [-0.2, -0.15) is 13.2 Å². The maximum Gasteiger partial charge on any atom is 0.480 e. The smallest absolute Gasteiger partial charge is 0.480 e. The minimum atomic E-state index is -4.84. The summed E-state index contributed by atoms with van der Waals surface area (Å²) in [5.41, 5.74) is -0.873. The summed E-state index contributed by atoms with van der Waals surface area (Å²) >= 11 is 0. The van der Waals surface area contributed by atoms with Gasteiger partial charge in [-0.1, -0.05) is 36.7 Å². The zero-order valence-corrected chi connectivity index (χ0v) is 23.2. The Labute approximate surface area is 226 Å². The van der Waals surface area contributed by atoms with Crippen LogP contribution in [0.4, 0.5) is 13.2 Å². The number of aryl methyl sites for hydroxylation is 2. The maximum absolute atomic E-state index is 14.5. The number of ketones is 1. The Bertz CT molecular complexity index is 1240. The van der Waals surface area contributed by atoms with E-state index in [4.69, 9.17) is 0 Å². The topological polar surface area (TPSA) is 90.0 Å². The summed E-state index contributed by atoms with van der Waals surface area (Å²) in [7, 11) is 0. The van der Waals surface area contributed by atoms with Crippen molar-refractivity contribution in [2.45, 2.75) is 91.4 Å². The van der Waals surface area contributed by atoms with Gasteiger partial charge in [0.25, 0.3) is 5.91 Å². The number of carboxylic acids is 1. The molecule has 0 bridgehead atoms. The molecule has 0 radical (unpaired) electrons. The third-order valence-corrected chi connectivity index (χ3v) is 9.02. The second-order valence-electron chi connectivity index (χ2n) is 12.2. The molecule has 3 aliphatic rings. The van der Waals surface area contributed by atoms with Crippen LogP contribution in [0.3, 0.4) is 0 Å². The predicted octanol–water partition coefficient (Wildman–Crippen LogP) is 5.83. The van der Waals surface area contributed by atoms with Crippen molar-refractivity contribution < 1.29 is 37.4 Å². The van der Waals surface area contributed by atoms with Gasteiger partial charge in [0.2, 0.25) is 0 Å². The van der Waals surface area contributed by atoms with Crippen LogP contribution >= 0.6 is 0 Å². The molecule has 0 spiro atoms. The van der Waals surface area contributed by atoms with Crippen molar-refractivity contribution in [3.05, 3.63) is 46.2 Å². The van der Waals surface area contributed by atoms with Crippen LogP contribution in [0.25, 0.3) is 0 Å². The number of carboxylic acid groups (broad SMARTS) is 1. The first kappa shape index (κ1) is 29.0. The van der Waals surface area contributed by atoms with Crippen LogP contribution in [-0.4, -0.2) is 63.7 Å². The zero-order chi connectivity index (χ0) is 28.9. The van der Waals surface area contributed by atoms with Gasteiger partial charge < -0.3 is 10.0 Å². The van der Waals surface area contributed by atoms with Gasteiger partial charge in [-0.15, -0.1) is 0 Å². The number of allylic oxidation sites excluding steroid dienone is 1. The molecule has 39 heavy (non-hydrogen) atoms. The molecule has 2 saturated carbocycles. The number of hydrogen-bond acceptors (Lipinski definition) is 4. The van der Waals surface area contributed by atoms with E-state index in [0.717, 1.165) is 22.2 Å². The van der Waals surface area contributed by atoms with Crippen molar-refractivity contribution in [2.75, 3.05) is 13.1 Å². The molecule has 0 unspecified atom stereocenters. The third kappa shape index (κ3) is 5.39.